The number of benzene rings is 2. The van der Waals surface area contributed by atoms with Crippen molar-refractivity contribution in [2.45, 2.75) is 84.0 Å². The summed E-state index contributed by atoms with van der Waals surface area (Å²) in [6.07, 6.45) is 5.85. The Balaban J connectivity index is 1.64. The van der Waals surface area contributed by atoms with Gasteiger partial charge in [0, 0.05) is 22.3 Å². The van der Waals surface area contributed by atoms with Crippen molar-refractivity contribution >= 4 is 27.4 Å². The number of hydrogen-bond acceptors (Lipinski definition) is 6. The molecule has 7 heteroatoms. The van der Waals surface area contributed by atoms with Crippen LogP contribution in [0.3, 0.4) is 0 Å². The fraction of sp³-hybridized carbons (Fsp3) is 0.500. The topological polar surface area (TPSA) is 94.6 Å². The molecule has 5 rings (SSSR count). The molecule has 0 bridgehead atoms. The molecule has 1 heterocycles. The zero-order valence-electron chi connectivity index (χ0n) is 25.0. The van der Waals surface area contributed by atoms with Gasteiger partial charge in [-0.1, -0.05) is 39.3 Å². The summed E-state index contributed by atoms with van der Waals surface area (Å²) in [6, 6.07) is 5.44. The Labute approximate surface area is 243 Å². The first-order valence-electron chi connectivity index (χ1n) is 14.6. The highest BCUT2D eigenvalue weighted by Crippen LogP contribution is 2.54. The van der Waals surface area contributed by atoms with E-state index in [1.165, 1.54) is 7.11 Å². The van der Waals surface area contributed by atoms with Crippen molar-refractivity contribution in [2.75, 3.05) is 12.9 Å². The predicted molar refractivity (Wildman–Crippen MR) is 158 cm³/mol. The van der Waals surface area contributed by atoms with E-state index in [2.05, 4.69) is 13.5 Å². The van der Waals surface area contributed by atoms with Gasteiger partial charge in [0.05, 0.1) is 23.2 Å². The summed E-state index contributed by atoms with van der Waals surface area (Å²) in [5.41, 5.74) is 3.07. The molecule has 1 aliphatic heterocycles. The minimum Gasteiger partial charge on any atom is -0.469 e. The third-order valence-electron chi connectivity index (χ3n) is 10.1. The first kappa shape index (κ1) is 29.4. The fourth-order valence-electron chi connectivity index (χ4n) is 7.87. The van der Waals surface area contributed by atoms with E-state index >= 15 is 0 Å². The summed E-state index contributed by atoms with van der Waals surface area (Å²) in [4.78, 5) is 41.6. The van der Waals surface area contributed by atoms with Gasteiger partial charge in [-0.3, -0.25) is 14.4 Å². The fourth-order valence-corrected chi connectivity index (χ4v) is 9.68. The van der Waals surface area contributed by atoms with Crippen LogP contribution in [-0.4, -0.2) is 38.8 Å². The lowest BCUT2D eigenvalue weighted by Crippen LogP contribution is -2.48. The van der Waals surface area contributed by atoms with Gasteiger partial charge in [-0.2, -0.15) is 0 Å². The van der Waals surface area contributed by atoms with Crippen LogP contribution in [0.5, 0.6) is 0 Å². The molecule has 0 unspecified atom stereocenters. The highest BCUT2D eigenvalue weighted by atomic mass is 32.2. The Morgan fingerprint density at radius 2 is 1.76 bits per heavy atom. The van der Waals surface area contributed by atoms with Crippen molar-refractivity contribution in [3.8, 4) is 0 Å². The first-order valence-corrected chi connectivity index (χ1v) is 16.2. The average Bonchev–Trinajstić information content (AvgIpc) is 3.25. The smallest absolute Gasteiger partial charge is 0.311 e. The lowest BCUT2D eigenvalue weighted by atomic mass is 9.54. The minimum absolute atomic E-state index is 0.0480. The number of allylic oxidation sites excluding steroid dienone is 1. The summed E-state index contributed by atoms with van der Waals surface area (Å²) in [7, 11) is -2.05. The van der Waals surface area contributed by atoms with Crippen LogP contribution < -0.4 is 0 Å². The lowest BCUT2D eigenvalue weighted by Gasteiger charge is -2.49. The molecule has 3 atom stereocenters. The number of rotatable bonds is 6. The number of carbonyl (C=O) groups is 3. The molecular formula is C34H40O6S. The molecule has 41 heavy (non-hydrogen) atoms. The van der Waals surface area contributed by atoms with Crippen LogP contribution in [0.1, 0.15) is 113 Å². The number of hydrogen-bond donors (Lipinski definition) is 0. The number of esters is 1. The van der Waals surface area contributed by atoms with Crippen LogP contribution in [0.15, 0.2) is 35.7 Å². The van der Waals surface area contributed by atoms with E-state index in [-0.39, 0.29) is 57.4 Å². The maximum absolute atomic E-state index is 14.2. The van der Waals surface area contributed by atoms with E-state index in [0.29, 0.717) is 40.7 Å². The second kappa shape index (κ2) is 10.0. The number of carbonyl (C=O) groups excluding carboxylic acids is 3. The molecular weight excluding hydrogens is 536 g/mol. The van der Waals surface area contributed by atoms with Gasteiger partial charge < -0.3 is 4.74 Å². The number of ketones is 2. The normalized spacial score (nSPS) is 26.4. The Morgan fingerprint density at radius 3 is 2.39 bits per heavy atom. The molecule has 0 saturated heterocycles. The van der Waals surface area contributed by atoms with E-state index in [1.807, 2.05) is 39.0 Å². The zero-order chi connectivity index (χ0) is 30.1. The third-order valence-corrected chi connectivity index (χ3v) is 12.1. The van der Waals surface area contributed by atoms with E-state index in [4.69, 9.17) is 4.74 Å². The molecule has 6 nitrogen and oxygen atoms in total. The second-order valence-corrected chi connectivity index (χ2v) is 15.0. The largest absolute Gasteiger partial charge is 0.469 e. The summed E-state index contributed by atoms with van der Waals surface area (Å²) in [5.74, 6) is -0.744. The summed E-state index contributed by atoms with van der Waals surface area (Å²) in [6.45, 7) is 14.0. The van der Waals surface area contributed by atoms with Gasteiger partial charge in [0.25, 0.3) is 0 Å². The van der Waals surface area contributed by atoms with Crippen molar-refractivity contribution in [2.24, 2.45) is 16.7 Å². The number of sulfone groups is 1. The van der Waals surface area contributed by atoms with Crippen molar-refractivity contribution in [3.63, 3.8) is 0 Å². The summed E-state index contributed by atoms with van der Waals surface area (Å²) >= 11 is 0. The standard InChI is InChI=1S/C34H40O6S/c1-8-33(5)13-9-14-34(6,32(37)40-7)26(33)11-10-21-17-22(19(2)3)18-25-27(21)29(35)24-16-20(4)31-23(28(24)30(25)36)12-15-41(31,38)39/h8,16-19,26H,1,9-15H2,2-7H3/t26-,33+,34-/m1/s1. The molecule has 0 radical (unpaired) electrons. The van der Waals surface area contributed by atoms with Gasteiger partial charge in [-0.15, -0.1) is 6.58 Å². The monoisotopic (exact) mass is 576 g/mol. The van der Waals surface area contributed by atoms with Crippen molar-refractivity contribution in [1.82, 2.24) is 0 Å². The quantitative estimate of drug-likeness (QED) is 0.252. The van der Waals surface area contributed by atoms with E-state index in [1.54, 1.807) is 13.0 Å². The highest BCUT2D eigenvalue weighted by molar-refractivity contribution is 7.91. The molecule has 2 aromatic carbocycles. The molecule has 0 amide bonds. The van der Waals surface area contributed by atoms with Crippen LogP contribution >= 0.6 is 0 Å². The van der Waals surface area contributed by atoms with Crippen LogP contribution in [0.25, 0.3) is 0 Å². The Hall–Kier alpha value is -3.06. The summed E-state index contributed by atoms with van der Waals surface area (Å²) in [5, 5.41) is 0. The van der Waals surface area contributed by atoms with Gasteiger partial charge in [0.15, 0.2) is 21.4 Å². The molecule has 2 aliphatic carbocycles. The zero-order valence-corrected chi connectivity index (χ0v) is 25.8. The van der Waals surface area contributed by atoms with E-state index in [9.17, 15) is 22.8 Å². The Bertz CT molecular complexity index is 1610. The van der Waals surface area contributed by atoms with Crippen LogP contribution in [-0.2, 0) is 32.2 Å². The number of methoxy groups -OCH3 is 1. The van der Waals surface area contributed by atoms with Crippen molar-refractivity contribution in [1.29, 1.82) is 0 Å². The predicted octanol–water partition coefficient (Wildman–Crippen LogP) is 6.33. The third kappa shape index (κ3) is 4.43. The number of aryl methyl sites for hydroxylation is 2. The second-order valence-electron chi connectivity index (χ2n) is 13.0. The van der Waals surface area contributed by atoms with Crippen LogP contribution in [0.4, 0.5) is 0 Å². The number of fused-ring (bicyclic) bond motifs is 4. The van der Waals surface area contributed by atoms with Crippen molar-refractivity contribution in [3.05, 3.63) is 75.4 Å². The first-order chi connectivity index (χ1) is 19.2. The lowest BCUT2D eigenvalue weighted by molar-refractivity contribution is -0.162. The minimum atomic E-state index is -3.48. The molecule has 0 aromatic heterocycles. The van der Waals surface area contributed by atoms with Gasteiger partial charge in [-0.25, -0.2) is 8.42 Å². The Morgan fingerprint density at radius 1 is 1.10 bits per heavy atom. The highest BCUT2D eigenvalue weighted by Gasteiger charge is 2.52. The van der Waals surface area contributed by atoms with Gasteiger partial charge >= 0.3 is 5.97 Å². The molecule has 0 spiro atoms. The van der Waals surface area contributed by atoms with Crippen LogP contribution in [0.2, 0.25) is 0 Å². The van der Waals surface area contributed by atoms with Crippen molar-refractivity contribution < 1.29 is 27.5 Å². The van der Waals surface area contributed by atoms with E-state index in [0.717, 1.165) is 30.4 Å². The van der Waals surface area contributed by atoms with Crippen LogP contribution in [0, 0.1) is 23.7 Å². The molecule has 0 N–H and O–H groups in total. The average molecular weight is 577 g/mol. The maximum Gasteiger partial charge on any atom is 0.311 e. The number of ether oxygens (including phenoxy) is 1. The van der Waals surface area contributed by atoms with Gasteiger partial charge in [0.1, 0.15) is 0 Å². The Kier molecular flexibility index (Phi) is 7.21. The molecule has 218 valence electrons. The molecule has 1 fully saturated rings. The van der Waals surface area contributed by atoms with E-state index < -0.39 is 15.3 Å². The van der Waals surface area contributed by atoms with Gasteiger partial charge in [0.2, 0.25) is 0 Å². The molecule has 1 saturated carbocycles. The summed E-state index contributed by atoms with van der Waals surface area (Å²) < 4.78 is 30.9. The molecule has 2 aromatic rings. The SMILES string of the molecule is C=C[C@@]1(C)CCC[C@@](C)(C(=O)OC)[C@@H]1CCc1cc(C(C)C)cc2c1C(=O)c1cc(C)c3c(c1C2=O)CCS3(=O)=O. The maximum atomic E-state index is 14.2. The van der Waals surface area contributed by atoms with Gasteiger partial charge in [-0.05, 0) is 97.6 Å². The molecule has 3 aliphatic rings.